The van der Waals surface area contributed by atoms with Crippen molar-refractivity contribution in [3.63, 3.8) is 0 Å². The van der Waals surface area contributed by atoms with Crippen LogP contribution in [-0.4, -0.2) is 24.5 Å². The summed E-state index contributed by atoms with van der Waals surface area (Å²) in [6.45, 7) is 9.22. The van der Waals surface area contributed by atoms with Crippen molar-refractivity contribution in [1.82, 2.24) is 10.6 Å². The van der Waals surface area contributed by atoms with Crippen LogP contribution >= 0.6 is 0 Å². The summed E-state index contributed by atoms with van der Waals surface area (Å²) in [6.07, 6.45) is 1.13. The van der Waals surface area contributed by atoms with Crippen LogP contribution in [-0.2, 0) is 4.79 Å². The molecule has 3 nitrogen and oxygen atoms in total. The van der Waals surface area contributed by atoms with Gasteiger partial charge in [0.15, 0.2) is 0 Å². The Morgan fingerprint density at radius 3 is 2.50 bits per heavy atom. The van der Waals surface area contributed by atoms with Gasteiger partial charge in [0.05, 0.1) is 6.54 Å². The fourth-order valence-electron chi connectivity index (χ4n) is 2.06. The first kappa shape index (κ1) is 11.5. The Bertz CT molecular complexity index is 201. The summed E-state index contributed by atoms with van der Waals surface area (Å²) >= 11 is 0. The Kier molecular flexibility index (Phi) is 3.93. The first-order valence-electron chi connectivity index (χ1n) is 5.53. The molecule has 1 heterocycles. The normalized spacial score (nSPS) is 28.3. The van der Waals surface area contributed by atoms with E-state index < -0.39 is 0 Å². The van der Waals surface area contributed by atoms with Gasteiger partial charge in [-0.05, 0) is 18.3 Å². The molecule has 0 aliphatic carbocycles. The molecule has 1 aliphatic heterocycles. The maximum atomic E-state index is 11.2. The van der Waals surface area contributed by atoms with E-state index in [1.54, 1.807) is 0 Å². The van der Waals surface area contributed by atoms with Gasteiger partial charge >= 0.3 is 0 Å². The van der Waals surface area contributed by atoms with E-state index in [1.165, 1.54) is 0 Å². The van der Waals surface area contributed by atoms with Crippen LogP contribution in [0.3, 0.4) is 0 Å². The van der Waals surface area contributed by atoms with Crippen molar-refractivity contribution >= 4 is 5.91 Å². The van der Waals surface area contributed by atoms with Gasteiger partial charge in [-0.25, -0.2) is 0 Å². The predicted octanol–water partition coefficient (Wildman–Crippen LogP) is 1.15. The Morgan fingerprint density at radius 2 is 2.00 bits per heavy atom. The molecule has 3 heteroatoms. The Hall–Kier alpha value is -0.570. The molecule has 1 rings (SSSR count). The number of nitrogens with one attached hydrogen (secondary N) is 2. The predicted molar refractivity (Wildman–Crippen MR) is 58.0 cm³/mol. The molecule has 2 N–H and O–H groups in total. The van der Waals surface area contributed by atoms with Gasteiger partial charge in [-0.3, -0.25) is 4.79 Å². The first-order valence-corrected chi connectivity index (χ1v) is 5.53. The molecule has 0 aromatic carbocycles. The van der Waals surface area contributed by atoms with Gasteiger partial charge in [0.1, 0.15) is 0 Å². The van der Waals surface area contributed by atoms with Crippen molar-refractivity contribution in [2.24, 2.45) is 11.8 Å². The van der Waals surface area contributed by atoms with Gasteiger partial charge in [0.25, 0.3) is 0 Å². The second-order valence-corrected chi connectivity index (χ2v) is 4.95. The van der Waals surface area contributed by atoms with Crippen molar-refractivity contribution in [1.29, 1.82) is 0 Å². The smallest absolute Gasteiger partial charge is 0.234 e. The standard InChI is InChI=1S/C11H22N2O/c1-7(2)5-9-11(8(3)4)13-10(14)6-12-9/h7-9,11-12H,5-6H2,1-4H3,(H,13,14)/t9-,11+/m1/s1. The van der Waals surface area contributed by atoms with Crippen LogP contribution in [0.2, 0.25) is 0 Å². The van der Waals surface area contributed by atoms with Crippen molar-refractivity contribution in [2.45, 2.75) is 46.2 Å². The summed E-state index contributed by atoms with van der Waals surface area (Å²) in [7, 11) is 0. The second kappa shape index (κ2) is 4.78. The molecule has 0 spiro atoms. The number of carbonyl (C=O) groups is 1. The minimum Gasteiger partial charge on any atom is -0.350 e. The quantitative estimate of drug-likeness (QED) is 0.714. The molecule has 1 fully saturated rings. The third-order valence-corrected chi connectivity index (χ3v) is 2.73. The van der Waals surface area contributed by atoms with Crippen LogP contribution in [0.1, 0.15) is 34.1 Å². The highest BCUT2D eigenvalue weighted by Crippen LogP contribution is 2.16. The van der Waals surface area contributed by atoms with Gasteiger partial charge in [-0.15, -0.1) is 0 Å². The molecular formula is C11H22N2O. The lowest BCUT2D eigenvalue weighted by molar-refractivity contribution is -0.123. The molecule has 1 amide bonds. The van der Waals surface area contributed by atoms with Crippen molar-refractivity contribution in [3.05, 3.63) is 0 Å². The fourth-order valence-corrected chi connectivity index (χ4v) is 2.06. The van der Waals surface area contributed by atoms with Crippen molar-refractivity contribution in [2.75, 3.05) is 6.54 Å². The summed E-state index contributed by atoms with van der Waals surface area (Å²) in [5.74, 6) is 1.29. The van der Waals surface area contributed by atoms with Crippen molar-refractivity contribution in [3.8, 4) is 0 Å². The van der Waals surface area contributed by atoms with E-state index in [2.05, 4.69) is 38.3 Å². The SMILES string of the molecule is CC(C)C[C@H]1NCC(=O)N[C@H]1C(C)C. The Labute approximate surface area is 86.6 Å². The van der Waals surface area contributed by atoms with Crippen molar-refractivity contribution < 1.29 is 4.79 Å². The van der Waals surface area contributed by atoms with Crippen LogP contribution in [0, 0.1) is 11.8 Å². The van der Waals surface area contributed by atoms with E-state index in [4.69, 9.17) is 0 Å². The van der Waals surface area contributed by atoms with Crippen LogP contribution in [0.25, 0.3) is 0 Å². The summed E-state index contributed by atoms with van der Waals surface area (Å²) < 4.78 is 0. The lowest BCUT2D eigenvalue weighted by Crippen LogP contribution is -2.61. The summed E-state index contributed by atoms with van der Waals surface area (Å²) in [5.41, 5.74) is 0. The summed E-state index contributed by atoms with van der Waals surface area (Å²) in [4.78, 5) is 11.2. The highest BCUT2D eigenvalue weighted by Gasteiger charge is 2.30. The largest absolute Gasteiger partial charge is 0.350 e. The molecule has 0 unspecified atom stereocenters. The molecule has 1 saturated heterocycles. The van der Waals surface area contributed by atoms with Gasteiger partial charge in [-0.1, -0.05) is 27.7 Å². The lowest BCUT2D eigenvalue weighted by Gasteiger charge is -2.36. The molecule has 0 aromatic heterocycles. The second-order valence-electron chi connectivity index (χ2n) is 4.95. The monoisotopic (exact) mass is 198 g/mol. The van der Waals surface area contributed by atoms with Gasteiger partial charge in [-0.2, -0.15) is 0 Å². The number of hydrogen-bond donors (Lipinski definition) is 2. The van der Waals surface area contributed by atoms with Crippen LogP contribution in [0.5, 0.6) is 0 Å². The molecule has 0 aromatic rings. The van der Waals surface area contributed by atoms with E-state index in [0.717, 1.165) is 6.42 Å². The maximum Gasteiger partial charge on any atom is 0.234 e. The zero-order valence-corrected chi connectivity index (χ0v) is 9.63. The summed E-state index contributed by atoms with van der Waals surface area (Å²) in [6, 6.07) is 0.728. The van der Waals surface area contributed by atoms with Gasteiger partial charge < -0.3 is 10.6 Å². The molecule has 0 radical (unpaired) electrons. The number of carbonyl (C=O) groups excluding carboxylic acids is 1. The maximum absolute atomic E-state index is 11.2. The minimum atomic E-state index is 0.128. The minimum absolute atomic E-state index is 0.128. The summed E-state index contributed by atoms with van der Waals surface area (Å²) in [5, 5.41) is 6.39. The highest BCUT2D eigenvalue weighted by molar-refractivity contribution is 5.79. The lowest BCUT2D eigenvalue weighted by atomic mass is 9.89. The molecular weight excluding hydrogens is 176 g/mol. The van der Waals surface area contributed by atoms with Gasteiger partial charge in [0.2, 0.25) is 5.91 Å². The average Bonchev–Trinajstić information content (AvgIpc) is 2.07. The number of amides is 1. The van der Waals surface area contributed by atoms with E-state index in [-0.39, 0.29) is 5.91 Å². The van der Waals surface area contributed by atoms with Crippen LogP contribution in [0.4, 0.5) is 0 Å². The molecule has 82 valence electrons. The van der Waals surface area contributed by atoms with Crippen LogP contribution < -0.4 is 10.6 Å². The molecule has 0 bridgehead atoms. The Balaban J connectivity index is 2.58. The number of rotatable bonds is 3. The van der Waals surface area contributed by atoms with Crippen LogP contribution in [0.15, 0.2) is 0 Å². The van der Waals surface area contributed by atoms with E-state index in [9.17, 15) is 4.79 Å². The van der Waals surface area contributed by atoms with E-state index in [0.29, 0.717) is 30.5 Å². The molecule has 14 heavy (non-hydrogen) atoms. The zero-order chi connectivity index (χ0) is 10.7. The molecule has 1 aliphatic rings. The number of hydrogen-bond acceptors (Lipinski definition) is 2. The third-order valence-electron chi connectivity index (χ3n) is 2.73. The first-order chi connectivity index (χ1) is 6.50. The topological polar surface area (TPSA) is 41.1 Å². The number of piperazine rings is 1. The average molecular weight is 198 g/mol. The zero-order valence-electron chi connectivity index (χ0n) is 9.63. The molecule has 0 saturated carbocycles. The Morgan fingerprint density at radius 1 is 1.36 bits per heavy atom. The van der Waals surface area contributed by atoms with E-state index in [1.807, 2.05) is 0 Å². The fraction of sp³-hybridized carbons (Fsp3) is 0.909. The highest BCUT2D eigenvalue weighted by atomic mass is 16.2. The van der Waals surface area contributed by atoms with Gasteiger partial charge in [0, 0.05) is 12.1 Å². The van der Waals surface area contributed by atoms with E-state index >= 15 is 0 Å². The molecule has 2 atom stereocenters. The third kappa shape index (κ3) is 2.98.